The predicted molar refractivity (Wildman–Crippen MR) is 127 cm³/mol. The van der Waals surface area contributed by atoms with Gasteiger partial charge >= 0.3 is 0 Å². The lowest BCUT2D eigenvalue weighted by atomic mass is 10.0. The molecular formula is C26H28ClN3O2. The Balaban J connectivity index is 1.89. The van der Waals surface area contributed by atoms with Crippen molar-refractivity contribution >= 4 is 23.4 Å². The first kappa shape index (κ1) is 23.5. The zero-order valence-corrected chi connectivity index (χ0v) is 19.1. The summed E-state index contributed by atoms with van der Waals surface area (Å²) < 4.78 is 0. The molecule has 2 aromatic carbocycles. The molecule has 3 aromatic rings. The molecule has 0 bridgehead atoms. The van der Waals surface area contributed by atoms with E-state index in [-0.39, 0.29) is 17.7 Å². The first-order chi connectivity index (χ1) is 15.4. The molecule has 32 heavy (non-hydrogen) atoms. The Bertz CT molecular complexity index is 1010. The molecule has 166 valence electrons. The molecule has 1 atom stereocenters. The smallest absolute Gasteiger partial charge is 0.243 e. The third kappa shape index (κ3) is 6.66. The van der Waals surface area contributed by atoms with Crippen LogP contribution in [0.4, 0.5) is 0 Å². The Hall–Kier alpha value is -3.18. The largest absolute Gasteiger partial charge is 0.350 e. The number of amides is 2. The fourth-order valence-corrected chi connectivity index (χ4v) is 3.58. The molecule has 3 rings (SSSR count). The van der Waals surface area contributed by atoms with Gasteiger partial charge in [-0.05, 0) is 41.0 Å². The van der Waals surface area contributed by atoms with Gasteiger partial charge in [0.25, 0.3) is 0 Å². The van der Waals surface area contributed by atoms with E-state index >= 15 is 0 Å². The van der Waals surface area contributed by atoms with Gasteiger partial charge in [0.1, 0.15) is 6.04 Å². The number of hydrogen-bond donors (Lipinski definition) is 1. The summed E-state index contributed by atoms with van der Waals surface area (Å²) in [6.45, 7) is 4.41. The highest BCUT2D eigenvalue weighted by Crippen LogP contribution is 2.19. The molecule has 0 saturated heterocycles. The van der Waals surface area contributed by atoms with E-state index in [1.165, 1.54) is 0 Å². The third-order valence-corrected chi connectivity index (χ3v) is 5.46. The van der Waals surface area contributed by atoms with Crippen LogP contribution >= 0.6 is 11.6 Å². The molecule has 0 radical (unpaired) electrons. The SMILES string of the molecule is CC(C)C(=O)N(Cc1ccc(Cl)cc1)C(Cc1ccccc1)C(=O)NCc1ccncc1. The van der Waals surface area contributed by atoms with Crippen LogP contribution in [0.3, 0.4) is 0 Å². The Morgan fingerprint density at radius 1 is 0.906 bits per heavy atom. The molecule has 0 saturated carbocycles. The number of carbonyl (C=O) groups is 2. The first-order valence-corrected chi connectivity index (χ1v) is 11.1. The molecule has 6 heteroatoms. The Morgan fingerprint density at radius 3 is 2.19 bits per heavy atom. The lowest BCUT2D eigenvalue weighted by Crippen LogP contribution is -2.51. The summed E-state index contributed by atoms with van der Waals surface area (Å²) in [6, 6.07) is 20.2. The minimum atomic E-state index is -0.648. The Morgan fingerprint density at radius 2 is 1.56 bits per heavy atom. The molecule has 1 heterocycles. The van der Waals surface area contributed by atoms with Gasteiger partial charge in [0.2, 0.25) is 11.8 Å². The second-order valence-electron chi connectivity index (χ2n) is 8.03. The second-order valence-corrected chi connectivity index (χ2v) is 8.46. The van der Waals surface area contributed by atoms with Crippen molar-refractivity contribution in [1.29, 1.82) is 0 Å². The van der Waals surface area contributed by atoms with Crippen molar-refractivity contribution in [2.75, 3.05) is 0 Å². The molecule has 0 fully saturated rings. The standard InChI is InChI=1S/C26H28ClN3O2/c1-19(2)26(32)30(18-22-8-10-23(27)11-9-22)24(16-20-6-4-3-5-7-20)25(31)29-17-21-12-14-28-15-13-21/h3-15,19,24H,16-18H2,1-2H3,(H,29,31). The van der Waals surface area contributed by atoms with Gasteiger partial charge in [-0.3, -0.25) is 14.6 Å². The van der Waals surface area contributed by atoms with Crippen LogP contribution in [-0.4, -0.2) is 27.7 Å². The topological polar surface area (TPSA) is 62.3 Å². The highest BCUT2D eigenvalue weighted by molar-refractivity contribution is 6.30. The number of nitrogens with zero attached hydrogens (tertiary/aromatic N) is 2. The van der Waals surface area contributed by atoms with Crippen LogP contribution in [0, 0.1) is 5.92 Å². The van der Waals surface area contributed by atoms with E-state index in [2.05, 4.69) is 10.3 Å². The van der Waals surface area contributed by atoms with Gasteiger partial charge < -0.3 is 10.2 Å². The molecule has 5 nitrogen and oxygen atoms in total. The van der Waals surface area contributed by atoms with Crippen molar-refractivity contribution in [3.63, 3.8) is 0 Å². The van der Waals surface area contributed by atoms with Crippen LogP contribution in [0.25, 0.3) is 0 Å². The van der Waals surface area contributed by atoms with Crippen molar-refractivity contribution in [2.24, 2.45) is 5.92 Å². The summed E-state index contributed by atoms with van der Waals surface area (Å²) in [6.07, 6.45) is 3.81. The van der Waals surface area contributed by atoms with Crippen molar-refractivity contribution in [2.45, 2.75) is 39.4 Å². The summed E-state index contributed by atoms with van der Waals surface area (Å²) in [5.41, 5.74) is 2.86. The monoisotopic (exact) mass is 449 g/mol. The summed E-state index contributed by atoms with van der Waals surface area (Å²) in [5, 5.41) is 3.64. The minimum absolute atomic E-state index is 0.0695. The van der Waals surface area contributed by atoms with Gasteiger partial charge in [-0.25, -0.2) is 0 Å². The highest BCUT2D eigenvalue weighted by Gasteiger charge is 2.31. The van der Waals surface area contributed by atoms with Gasteiger partial charge in [-0.2, -0.15) is 0 Å². The van der Waals surface area contributed by atoms with Gasteiger partial charge in [0.05, 0.1) is 0 Å². The van der Waals surface area contributed by atoms with Gasteiger partial charge in [0.15, 0.2) is 0 Å². The number of aromatic nitrogens is 1. The van der Waals surface area contributed by atoms with Gasteiger partial charge in [-0.1, -0.05) is 67.9 Å². The number of benzene rings is 2. The van der Waals surface area contributed by atoms with Crippen LogP contribution in [0.5, 0.6) is 0 Å². The van der Waals surface area contributed by atoms with Crippen LogP contribution in [0.15, 0.2) is 79.1 Å². The van der Waals surface area contributed by atoms with Crippen LogP contribution in [-0.2, 0) is 29.1 Å². The fraction of sp³-hybridized carbons (Fsp3) is 0.269. The number of halogens is 1. The lowest BCUT2D eigenvalue weighted by Gasteiger charge is -2.33. The van der Waals surface area contributed by atoms with Crippen LogP contribution in [0.2, 0.25) is 5.02 Å². The van der Waals surface area contributed by atoms with E-state index in [0.717, 1.165) is 16.7 Å². The quantitative estimate of drug-likeness (QED) is 0.517. The molecule has 2 amide bonds. The minimum Gasteiger partial charge on any atom is -0.350 e. The van der Waals surface area contributed by atoms with Crippen molar-refractivity contribution < 1.29 is 9.59 Å². The average Bonchev–Trinajstić information content (AvgIpc) is 2.81. The maximum atomic E-state index is 13.4. The predicted octanol–water partition coefficient (Wildman–Crippen LogP) is 4.65. The van der Waals surface area contributed by atoms with Crippen LogP contribution < -0.4 is 5.32 Å². The first-order valence-electron chi connectivity index (χ1n) is 10.7. The average molecular weight is 450 g/mol. The normalized spacial score (nSPS) is 11.8. The zero-order chi connectivity index (χ0) is 22.9. The maximum absolute atomic E-state index is 13.4. The molecule has 0 aliphatic rings. The van der Waals surface area contributed by atoms with Crippen molar-refractivity contribution in [3.05, 3.63) is 101 Å². The third-order valence-electron chi connectivity index (χ3n) is 5.21. The summed E-state index contributed by atoms with van der Waals surface area (Å²) in [7, 11) is 0. The molecule has 1 N–H and O–H groups in total. The van der Waals surface area contributed by atoms with E-state index in [0.29, 0.717) is 24.5 Å². The van der Waals surface area contributed by atoms with Crippen molar-refractivity contribution in [3.8, 4) is 0 Å². The lowest BCUT2D eigenvalue weighted by molar-refractivity contribution is -0.143. The summed E-state index contributed by atoms with van der Waals surface area (Å²) in [4.78, 5) is 32.3. The van der Waals surface area contributed by atoms with E-state index in [1.54, 1.807) is 29.4 Å². The molecule has 1 unspecified atom stereocenters. The van der Waals surface area contributed by atoms with E-state index in [9.17, 15) is 9.59 Å². The zero-order valence-electron chi connectivity index (χ0n) is 18.4. The Kier molecular flexibility index (Phi) is 8.40. The molecule has 0 aliphatic heterocycles. The molecular weight excluding hydrogens is 422 g/mol. The van der Waals surface area contributed by atoms with Gasteiger partial charge in [0, 0.05) is 42.8 Å². The molecule has 0 aliphatic carbocycles. The van der Waals surface area contributed by atoms with E-state index < -0.39 is 6.04 Å². The molecule has 1 aromatic heterocycles. The number of carbonyl (C=O) groups excluding carboxylic acids is 2. The summed E-state index contributed by atoms with van der Waals surface area (Å²) in [5.74, 6) is -0.498. The van der Waals surface area contributed by atoms with Crippen molar-refractivity contribution in [1.82, 2.24) is 15.2 Å². The van der Waals surface area contributed by atoms with Gasteiger partial charge in [-0.15, -0.1) is 0 Å². The maximum Gasteiger partial charge on any atom is 0.243 e. The van der Waals surface area contributed by atoms with Crippen LogP contribution in [0.1, 0.15) is 30.5 Å². The highest BCUT2D eigenvalue weighted by atomic mass is 35.5. The summed E-state index contributed by atoms with van der Waals surface area (Å²) >= 11 is 6.03. The number of nitrogens with one attached hydrogen (secondary N) is 1. The Labute approximate surface area is 194 Å². The van der Waals surface area contributed by atoms with E-state index in [1.807, 2.05) is 68.4 Å². The number of rotatable bonds is 9. The number of pyridine rings is 1. The fourth-order valence-electron chi connectivity index (χ4n) is 3.45. The molecule has 0 spiro atoms. The number of hydrogen-bond acceptors (Lipinski definition) is 3. The van der Waals surface area contributed by atoms with E-state index in [4.69, 9.17) is 11.6 Å². The second kappa shape index (κ2) is 11.4.